The minimum atomic E-state index is 0.135. The Morgan fingerprint density at radius 3 is 2.95 bits per heavy atom. The molecule has 5 nitrogen and oxygen atoms in total. The van der Waals surface area contributed by atoms with Gasteiger partial charge >= 0.3 is 0 Å². The van der Waals surface area contributed by atoms with E-state index >= 15 is 0 Å². The van der Waals surface area contributed by atoms with Crippen LogP contribution in [0.3, 0.4) is 0 Å². The SMILES string of the molecule is N[N+]12C=CN=CC1=C(C1=CC=C1)N=C2C1=CCNCC1. The van der Waals surface area contributed by atoms with Crippen LogP contribution in [0.15, 0.2) is 69.2 Å². The summed E-state index contributed by atoms with van der Waals surface area (Å²) >= 11 is 0. The highest BCUT2D eigenvalue weighted by molar-refractivity contribution is 6.01. The van der Waals surface area contributed by atoms with Crippen molar-refractivity contribution in [3.8, 4) is 0 Å². The Kier molecular flexibility index (Phi) is 2.47. The summed E-state index contributed by atoms with van der Waals surface area (Å²) in [6, 6.07) is 0. The largest absolute Gasteiger partial charge is 0.313 e. The molecule has 4 aliphatic rings. The van der Waals surface area contributed by atoms with Gasteiger partial charge < -0.3 is 5.32 Å². The van der Waals surface area contributed by atoms with Crippen LogP contribution in [0, 0.1) is 0 Å². The molecule has 3 aliphatic heterocycles. The Balaban J connectivity index is 1.83. The van der Waals surface area contributed by atoms with Crippen molar-refractivity contribution in [1.82, 2.24) is 5.32 Å². The lowest BCUT2D eigenvalue weighted by Gasteiger charge is -2.28. The van der Waals surface area contributed by atoms with Crippen LogP contribution in [0.5, 0.6) is 0 Å². The zero-order valence-corrected chi connectivity index (χ0v) is 11.1. The van der Waals surface area contributed by atoms with Crippen LogP contribution in [-0.2, 0) is 0 Å². The lowest BCUT2D eigenvalue weighted by atomic mass is 10.0. The van der Waals surface area contributed by atoms with E-state index < -0.39 is 0 Å². The van der Waals surface area contributed by atoms with Crippen LogP contribution < -0.4 is 11.2 Å². The monoisotopic (exact) mass is 266 g/mol. The van der Waals surface area contributed by atoms with Crippen molar-refractivity contribution in [1.29, 1.82) is 0 Å². The lowest BCUT2D eigenvalue weighted by Crippen LogP contribution is -2.53. The lowest BCUT2D eigenvalue weighted by molar-refractivity contribution is -0.750. The number of hydrogen-bond acceptors (Lipinski definition) is 4. The van der Waals surface area contributed by atoms with Crippen molar-refractivity contribution in [3.63, 3.8) is 0 Å². The first-order chi connectivity index (χ1) is 9.79. The summed E-state index contributed by atoms with van der Waals surface area (Å²) in [4.78, 5) is 9.06. The molecule has 0 aromatic heterocycles. The molecule has 1 unspecified atom stereocenters. The molecule has 0 saturated heterocycles. The number of nitrogens with one attached hydrogen (secondary N) is 1. The summed E-state index contributed by atoms with van der Waals surface area (Å²) < 4.78 is 0.135. The second-order valence-corrected chi connectivity index (χ2v) is 5.19. The summed E-state index contributed by atoms with van der Waals surface area (Å²) in [6.07, 6.45) is 14.7. The average molecular weight is 266 g/mol. The van der Waals surface area contributed by atoms with Crippen molar-refractivity contribution in [3.05, 3.63) is 59.2 Å². The molecule has 0 aromatic carbocycles. The van der Waals surface area contributed by atoms with E-state index in [1.165, 1.54) is 5.57 Å². The molecule has 0 amide bonds. The number of aliphatic imine (C=N–C) groups is 2. The smallest absolute Gasteiger partial charge is 0.260 e. The number of hydrogen-bond donors (Lipinski definition) is 2. The van der Waals surface area contributed by atoms with Gasteiger partial charge in [0.15, 0.2) is 0 Å². The molecule has 0 saturated carbocycles. The Hall–Kier alpha value is -2.08. The van der Waals surface area contributed by atoms with Gasteiger partial charge in [-0.05, 0) is 13.0 Å². The first-order valence-corrected chi connectivity index (χ1v) is 6.80. The van der Waals surface area contributed by atoms with Crippen molar-refractivity contribution >= 4 is 12.1 Å². The maximum atomic E-state index is 6.60. The van der Waals surface area contributed by atoms with Gasteiger partial charge in [-0.15, -0.1) is 4.59 Å². The van der Waals surface area contributed by atoms with Gasteiger partial charge in [-0.1, -0.05) is 24.3 Å². The standard InChI is InChI=1S/C15H16N5/c16-20-9-8-18-10-13(20)14(11-2-1-3-11)19-15(20)12-4-6-17-7-5-12/h1-4,8-10,17H,5-7,16H2/q+1. The van der Waals surface area contributed by atoms with Gasteiger partial charge in [-0.2, -0.15) is 10.8 Å². The van der Waals surface area contributed by atoms with E-state index in [-0.39, 0.29) is 4.59 Å². The van der Waals surface area contributed by atoms with Gasteiger partial charge in [-0.3, -0.25) is 4.99 Å². The molecular formula is C15H16N5+. The molecule has 20 heavy (non-hydrogen) atoms. The minimum absolute atomic E-state index is 0.135. The minimum Gasteiger partial charge on any atom is -0.313 e. The van der Waals surface area contributed by atoms with E-state index in [9.17, 15) is 0 Å². The highest BCUT2D eigenvalue weighted by Gasteiger charge is 2.45. The molecule has 3 N–H and O–H groups in total. The average Bonchev–Trinajstić information content (AvgIpc) is 2.72. The number of quaternary nitrogens is 1. The normalized spacial score (nSPS) is 30.8. The number of rotatable bonds is 2. The number of nitrogens with two attached hydrogens (primary N) is 1. The second-order valence-electron chi connectivity index (χ2n) is 5.19. The summed E-state index contributed by atoms with van der Waals surface area (Å²) in [6.45, 7) is 1.84. The Morgan fingerprint density at radius 2 is 2.25 bits per heavy atom. The molecule has 0 radical (unpaired) electrons. The zero-order chi connectivity index (χ0) is 13.6. The van der Waals surface area contributed by atoms with Gasteiger partial charge in [0.05, 0.1) is 12.4 Å². The van der Waals surface area contributed by atoms with E-state index in [2.05, 4.69) is 28.5 Å². The molecule has 0 aromatic rings. The predicted octanol–water partition coefficient (Wildman–Crippen LogP) is 1.27. The van der Waals surface area contributed by atoms with Gasteiger partial charge in [0.1, 0.15) is 11.9 Å². The molecular weight excluding hydrogens is 250 g/mol. The highest BCUT2D eigenvalue weighted by Crippen LogP contribution is 2.36. The molecule has 3 heterocycles. The molecule has 5 heteroatoms. The first-order valence-electron chi connectivity index (χ1n) is 6.80. The van der Waals surface area contributed by atoms with Crippen LogP contribution in [0.4, 0.5) is 0 Å². The van der Waals surface area contributed by atoms with Crippen molar-refractivity contribution < 1.29 is 4.59 Å². The van der Waals surface area contributed by atoms with Crippen LogP contribution >= 0.6 is 0 Å². The molecule has 0 fully saturated rings. The molecule has 100 valence electrons. The predicted molar refractivity (Wildman–Crippen MR) is 79.3 cm³/mol. The molecule has 1 atom stereocenters. The maximum Gasteiger partial charge on any atom is 0.260 e. The Bertz CT molecular complexity index is 687. The van der Waals surface area contributed by atoms with Crippen LogP contribution in [-0.4, -0.2) is 29.7 Å². The molecule has 0 spiro atoms. The van der Waals surface area contributed by atoms with E-state index in [1.54, 1.807) is 6.20 Å². The van der Waals surface area contributed by atoms with E-state index in [1.807, 2.05) is 18.5 Å². The number of nitrogens with zero attached hydrogens (tertiary/aromatic N) is 3. The third kappa shape index (κ3) is 1.54. The summed E-state index contributed by atoms with van der Waals surface area (Å²) in [7, 11) is 0. The fraction of sp³-hybridized carbons (Fsp3) is 0.200. The topological polar surface area (TPSA) is 62.8 Å². The second kappa shape index (κ2) is 4.21. The van der Waals surface area contributed by atoms with Crippen molar-refractivity contribution in [2.75, 3.05) is 13.1 Å². The fourth-order valence-electron chi connectivity index (χ4n) is 2.80. The van der Waals surface area contributed by atoms with Crippen LogP contribution in [0.2, 0.25) is 0 Å². The van der Waals surface area contributed by atoms with Crippen molar-refractivity contribution in [2.24, 2.45) is 15.8 Å². The quantitative estimate of drug-likeness (QED) is 0.584. The van der Waals surface area contributed by atoms with Gasteiger partial charge in [-0.25, -0.2) is 0 Å². The molecule has 4 rings (SSSR count). The number of fused-ring (bicyclic) bond motifs is 1. The maximum absolute atomic E-state index is 6.60. The van der Waals surface area contributed by atoms with Gasteiger partial charge in [0.2, 0.25) is 5.70 Å². The first kappa shape index (κ1) is 11.7. The van der Waals surface area contributed by atoms with Gasteiger partial charge in [0.25, 0.3) is 5.84 Å². The number of allylic oxidation sites excluding steroid dienone is 4. The molecule has 1 aliphatic carbocycles. The zero-order valence-electron chi connectivity index (χ0n) is 11.1. The Labute approximate surface area is 117 Å². The Morgan fingerprint density at radius 1 is 1.35 bits per heavy atom. The fourth-order valence-corrected chi connectivity index (χ4v) is 2.80. The van der Waals surface area contributed by atoms with E-state index in [4.69, 9.17) is 10.8 Å². The van der Waals surface area contributed by atoms with Crippen LogP contribution in [0.25, 0.3) is 0 Å². The van der Waals surface area contributed by atoms with Crippen molar-refractivity contribution in [2.45, 2.75) is 6.42 Å². The third-order valence-electron chi connectivity index (χ3n) is 3.97. The van der Waals surface area contributed by atoms with E-state index in [0.717, 1.165) is 42.3 Å². The summed E-state index contributed by atoms with van der Waals surface area (Å²) in [5.74, 6) is 7.52. The molecule has 0 bridgehead atoms. The van der Waals surface area contributed by atoms with Gasteiger partial charge in [0, 0.05) is 17.7 Å². The van der Waals surface area contributed by atoms with Crippen LogP contribution in [0.1, 0.15) is 6.42 Å². The highest BCUT2D eigenvalue weighted by atomic mass is 15.6. The summed E-state index contributed by atoms with van der Waals surface area (Å²) in [5.41, 5.74) is 4.23. The summed E-state index contributed by atoms with van der Waals surface area (Å²) in [5, 5.41) is 3.32. The van der Waals surface area contributed by atoms with E-state index in [0.29, 0.717) is 0 Å². The third-order valence-corrected chi connectivity index (χ3v) is 3.97. The number of amidine groups is 1.